The number of aryl methyl sites for hydroxylation is 1. The molecule has 0 heterocycles. The molecule has 0 atom stereocenters. The quantitative estimate of drug-likeness (QED) is 0.459. The fraction of sp³-hybridized carbons (Fsp3) is 0.385. The van der Waals surface area contributed by atoms with Gasteiger partial charge in [0.2, 0.25) is 10.0 Å². The Kier molecular flexibility index (Phi) is 5.02. The van der Waals surface area contributed by atoms with Gasteiger partial charge in [-0.15, -0.1) is 0 Å². The lowest BCUT2D eigenvalue weighted by atomic mass is 10.2. The summed E-state index contributed by atoms with van der Waals surface area (Å²) >= 11 is 0. The van der Waals surface area contributed by atoms with Crippen molar-refractivity contribution >= 4 is 15.7 Å². The molecular formula is C13H18N2O4S. The molecular weight excluding hydrogens is 280 g/mol. The Labute approximate surface area is 118 Å². The predicted octanol–water partition coefficient (Wildman–Crippen LogP) is 2.49. The summed E-state index contributed by atoms with van der Waals surface area (Å²) in [6.07, 6.45) is 0. The van der Waals surface area contributed by atoms with Gasteiger partial charge in [-0.1, -0.05) is 25.1 Å². The summed E-state index contributed by atoms with van der Waals surface area (Å²) in [7, 11) is -3.76. The Morgan fingerprint density at radius 2 is 2.05 bits per heavy atom. The largest absolute Gasteiger partial charge is 0.270 e. The third-order valence-corrected chi connectivity index (χ3v) is 4.86. The Hall–Kier alpha value is -1.73. The van der Waals surface area contributed by atoms with E-state index in [-0.39, 0.29) is 23.7 Å². The Morgan fingerprint density at radius 1 is 1.45 bits per heavy atom. The summed E-state index contributed by atoms with van der Waals surface area (Å²) in [4.78, 5) is 10.2. The molecule has 1 rings (SSSR count). The lowest BCUT2D eigenvalue weighted by Crippen LogP contribution is -2.32. The number of sulfonamides is 1. The maximum absolute atomic E-state index is 12.6. The molecule has 0 bridgehead atoms. The van der Waals surface area contributed by atoms with Gasteiger partial charge in [0.25, 0.3) is 5.69 Å². The van der Waals surface area contributed by atoms with Crippen LogP contribution in [0.25, 0.3) is 0 Å². The average Bonchev–Trinajstić information content (AvgIpc) is 2.35. The highest BCUT2D eigenvalue weighted by molar-refractivity contribution is 7.89. The van der Waals surface area contributed by atoms with Gasteiger partial charge >= 0.3 is 0 Å². The molecule has 7 heteroatoms. The van der Waals surface area contributed by atoms with E-state index < -0.39 is 14.9 Å². The molecule has 6 nitrogen and oxygen atoms in total. The maximum Gasteiger partial charge on any atom is 0.270 e. The molecule has 0 aliphatic carbocycles. The van der Waals surface area contributed by atoms with Crippen molar-refractivity contribution in [2.24, 2.45) is 0 Å². The van der Waals surface area contributed by atoms with E-state index in [2.05, 4.69) is 6.58 Å². The number of nitro groups is 1. The molecule has 1 aromatic carbocycles. The van der Waals surface area contributed by atoms with Gasteiger partial charge in [-0.25, -0.2) is 8.42 Å². The minimum atomic E-state index is -3.76. The van der Waals surface area contributed by atoms with Gasteiger partial charge in [0.05, 0.1) is 9.82 Å². The zero-order valence-electron chi connectivity index (χ0n) is 11.8. The Morgan fingerprint density at radius 3 is 2.50 bits per heavy atom. The maximum atomic E-state index is 12.6. The first-order valence-corrected chi connectivity index (χ1v) is 7.53. The molecule has 0 saturated heterocycles. The van der Waals surface area contributed by atoms with Crippen LogP contribution < -0.4 is 0 Å². The molecule has 0 aromatic heterocycles. The number of non-ortho nitro benzene ring substituents is 1. The molecule has 0 aliphatic rings. The topological polar surface area (TPSA) is 80.5 Å². The van der Waals surface area contributed by atoms with Crippen LogP contribution in [-0.2, 0) is 10.0 Å². The summed E-state index contributed by atoms with van der Waals surface area (Å²) in [5.41, 5.74) is 0.954. The third kappa shape index (κ3) is 3.43. The minimum Gasteiger partial charge on any atom is -0.258 e. The van der Waals surface area contributed by atoms with Crippen LogP contribution in [0.3, 0.4) is 0 Å². The van der Waals surface area contributed by atoms with E-state index in [1.807, 2.05) is 0 Å². The number of nitro benzene ring substituents is 1. The zero-order chi connectivity index (χ0) is 15.5. The van der Waals surface area contributed by atoms with Crippen LogP contribution in [0.5, 0.6) is 0 Å². The van der Waals surface area contributed by atoms with Crippen LogP contribution in [0.1, 0.15) is 19.4 Å². The summed E-state index contributed by atoms with van der Waals surface area (Å²) < 4.78 is 26.4. The van der Waals surface area contributed by atoms with Crippen LogP contribution in [0.4, 0.5) is 5.69 Å². The second-order valence-corrected chi connectivity index (χ2v) is 6.50. The highest BCUT2D eigenvalue weighted by Gasteiger charge is 2.26. The molecule has 1 aromatic rings. The second kappa shape index (κ2) is 6.15. The van der Waals surface area contributed by atoms with Crippen molar-refractivity contribution in [3.63, 3.8) is 0 Å². The average molecular weight is 298 g/mol. The fourth-order valence-electron chi connectivity index (χ4n) is 1.79. The molecule has 0 aliphatic heterocycles. The Bertz CT molecular complexity index is 638. The van der Waals surface area contributed by atoms with Crippen molar-refractivity contribution in [2.75, 3.05) is 13.1 Å². The first-order chi connectivity index (χ1) is 9.20. The van der Waals surface area contributed by atoms with Crippen molar-refractivity contribution in [1.82, 2.24) is 4.31 Å². The van der Waals surface area contributed by atoms with E-state index in [0.717, 1.165) is 6.07 Å². The van der Waals surface area contributed by atoms with E-state index in [9.17, 15) is 18.5 Å². The van der Waals surface area contributed by atoms with Crippen LogP contribution in [0.2, 0.25) is 0 Å². The number of nitrogens with zero attached hydrogens (tertiary/aromatic N) is 2. The van der Waals surface area contributed by atoms with Gasteiger partial charge in [-0.3, -0.25) is 10.1 Å². The highest BCUT2D eigenvalue weighted by Crippen LogP contribution is 2.25. The van der Waals surface area contributed by atoms with Crippen molar-refractivity contribution < 1.29 is 13.3 Å². The molecule has 0 unspecified atom stereocenters. The summed E-state index contributed by atoms with van der Waals surface area (Å²) in [5, 5.41) is 10.8. The smallest absolute Gasteiger partial charge is 0.258 e. The third-order valence-electron chi connectivity index (χ3n) is 2.80. The molecule has 20 heavy (non-hydrogen) atoms. The van der Waals surface area contributed by atoms with Gasteiger partial charge < -0.3 is 0 Å². The number of likely N-dealkylation sites (N-methyl/N-ethyl adjacent to an activating group) is 1. The van der Waals surface area contributed by atoms with Crippen molar-refractivity contribution in [2.45, 2.75) is 25.7 Å². The monoisotopic (exact) mass is 298 g/mol. The first-order valence-electron chi connectivity index (χ1n) is 6.09. The molecule has 0 fully saturated rings. The van der Waals surface area contributed by atoms with Gasteiger partial charge in [0.1, 0.15) is 0 Å². The van der Waals surface area contributed by atoms with Crippen molar-refractivity contribution in [3.05, 3.63) is 46.0 Å². The fourth-order valence-corrected chi connectivity index (χ4v) is 3.54. The van der Waals surface area contributed by atoms with Crippen molar-refractivity contribution in [1.29, 1.82) is 0 Å². The zero-order valence-corrected chi connectivity index (χ0v) is 12.6. The van der Waals surface area contributed by atoms with E-state index >= 15 is 0 Å². The van der Waals surface area contributed by atoms with Gasteiger partial charge in [0.15, 0.2) is 0 Å². The summed E-state index contributed by atoms with van der Waals surface area (Å²) in [6, 6.07) is 3.84. The highest BCUT2D eigenvalue weighted by atomic mass is 32.2. The van der Waals surface area contributed by atoms with Gasteiger partial charge in [-0.2, -0.15) is 4.31 Å². The van der Waals surface area contributed by atoms with Crippen LogP contribution in [0, 0.1) is 17.0 Å². The van der Waals surface area contributed by atoms with E-state index in [1.54, 1.807) is 20.8 Å². The van der Waals surface area contributed by atoms with E-state index in [0.29, 0.717) is 11.1 Å². The molecule has 110 valence electrons. The SMILES string of the molecule is C=C(C)CN(CC)S(=O)(=O)c1cc([N+](=O)[O-])ccc1C. The minimum absolute atomic E-state index is 0.0326. The van der Waals surface area contributed by atoms with Crippen molar-refractivity contribution in [3.8, 4) is 0 Å². The second-order valence-electron chi connectivity index (χ2n) is 4.60. The van der Waals surface area contributed by atoms with Crippen LogP contribution >= 0.6 is 0 Å². The van der Waals surface area contributed by atoms with Gasteiger partial charge in [0, 0.05) is 25.2 Å². The van der Waals surface area contributed by atoms with E-state index in [4.69, 9.17) is 0 Å². The number of hydrogen-bond acceptors (Lipinski definition) is 4. The molecule has 0 spiro atoms. The standard InChI is InChI=1S/C13H18N2O4S/c1-5-14(9-10(2)3)20(18,19)13-8-12(15(16)17)7-6-11(13)4/h6-8H,2,5,9H2,1,3-4H3. The Balaban J connectivity index is 3.36. The van der Waals surface area contributed by atoms with E-state index in [1.165, 1.54) is 16.4 Å². The molecule has 0 N–H and O–H groups in total. The first kappa shape index (κ1) is 16.3. The molecule has 0 saturated carbocycles. The van der Waals surface area contributed by atoms with Gasteiger partial charge in [-0.05, 0) is 19.4 Å². The summed E-state index contributed by atoms with van der Waals surface area (Å²) in [5.74, 6) is 0. The predicted molar refractivity (Wildman–Crippen MR) is 77.1 cm³/mol. The number of rotatable bonds is 6. The number of benzene rings is 1. The lowest BCUT2D eigenvalue weighted by molar-refractivity contribution is -0.385. The number of hydrogen-bond donors (Lipinski definition) is 0. The van der Waals surface area contributed by atoms with Crippen LogP contribution in [0.15, 0.2) is 35.2 Å². The lowest BCUT2D eigenvalue weighted by Gasteiger charge is -2.21. The normalized spacial score (nSPS) is 11.6. The molecule has 0 amide bonds. The molecule has 0 radical (unpaired) electrons. The van der Waals surface area contributed by atoms with Crippen LogP contribution in [-0.4, -0.2) is 30.7 Å². The summed E-state index contributed by atoms with van der Waals surface area (Å²) in [6.45, 7) is 9.24.